The van der Waals surface area contributed by atoms with Gasteiger partial charge in [0, 0.05) is 15.4 Å². The van der Waals surface area contributed by atoms with E-state index in [1.54, 1.807) is 15.9 Å². The van der Waals surface area contributed by atoms with Gasteiger partial charge in [0.25, 0.3) is 5.56 Å². The van der Waals surface area contributed by atoms with Gasteiger partial charge >= 0.3 is 0 Å². The van der Waals surface area contributed by atoms with Gasteiger partial charge in [-0.1, -0.05) is 43.8 Å². The second-order valence-corrected chi connectivity index (χ2v) is 9.95. The predicted molar refractivity (Wildman–Crippen MR) is 111 cm³/mol. The smallest absolute Gasteiger partial charge is 0.267 e. The Hall–Kier alpha value is -1.24. The molecule has 3 heterocycles. The lowest BCUT2D eigenvalue weighted by molar-refractivity contribution is 0.610. The van der Waals surface area contributed by atoms with Crippen molar-refractivity contribution in [2.24, 2.45) is 0 Å². The van der Waals surface area contributed by atoms with Crippen molar-refractivity contribution in [3.63, 3.8) is 0 Å². The van der Waals surface area contributed by atoms with Gasteiger partial charge in [-0.3, -0.25) is 9.36 Å². The van der Waals surface area contributed by atoms with Crippen molar-refractivity contribution in [3.05, 3.63) is 51.1 Å². The number of nitrogens with zero attached hydrogens (tertiary/aromatic N) is 2. The molecule has 0 aliphatic carbocycles. The van der Waals surface area contributed by atoms with Crippen molar-refractivity contribution >= 4 is 45.1 Å². The summed E-state index contributed by atoms with van der Waals surface area (Å²) in [5, 5.41) is 1.59. The van der Waals surface area contributed by atoms with Crippen molar-refractivity contribution in [2.45, 2.75) is 42.3 Å². The fourth-order valence-electron chi connectivity index (χ4n) is 3.27. The average molecular weight is 389 g/mol. The van der Waals surface area contributed by atoms with Crippen LogP contribution in [0.2, 0.25) is 0 Å². The molecule has 0 saturated carbocycles. The molecule has 6 heteroatoms. The zero-order valence-electron chi connectivity index (χ0n) is 14.5. The van der Waals surface area contributed by atoms with Gasteiger partial charge in [0.1, 0.15) is 4.83 Å². The van der Waals surface area contributed by atoms with Crippen LogP contribution >= 0.6 is 34.9 Å². The van der Waals surface area contributed by atoms with Gasteiger partial charge in [0.2, 0.25) is 0 Å². The standard InChI is InChI=1S/C19H20N2OS3/c1-4-19(2)10-13-14(11-24-19)25-16-15(13)17(22)21(18(20-16)23-3)12-8-6-5-7-9-12/h5-9H,4,10-11H2,1-3H3/t19-/m0/s1. The summed E-state index contributed by atoms with van der Waals surface area (Å²) < 4.78 is 1.98. The molecule has 130 valence electrons. The van der Waals surface area contributed by atoms with Gasteiger partial charge in [-0.25, -0.2) is 4.98 Å². The number of hydrogen-bond acceptors (Lipinski definition) is 5. The van der Waals surface area contributed by atoms with Gasteiger partial charge < -0.3 is 0 Å². The third kappa shape index (κ3) is 2.84. The normalized spacial score (nSPS) is 20.0. The van der Waals surface area contributed by atoms with E-state index in [1.165, 1.54) is 22.2 Å². The first-order chi connectivity index (χ1) is 12.1. The average Bonchev–Trinajstić information content (AvgIpc) is 2.99. The molecule has 3 aromatic rings. The van der Waals surface area contributed by atoms with Crippen LogP contribution in [0.25, 0.3) is 15.9 Å². The van der Waals surface area contributed by atoms with Crippen molar-refractivity contribution in [1.82, 2.24) is 9.55 Å². The summed E-state index contributed by atoms with van der Waals surface area (Å²) in [6, 6.07) is 9.84. The molecule has 0 fully saturated rings. The van der Waals surface area contributed by atoms with E-state index in [9.17, 15) is 4.79 Å². The maximum atomic E-state index is 13.5. The molecule has 1 aromatic carbocycles. The van der Waals surface area contributed by atoms with E-state index in [-0.39, 0.29) is 10.3 Å². The topological polar surface area (TPSA) is 34.9 Å². The molecule has 2 aromatic heterocycles. The number of benzene rings is 1. The highest BCUT2D eigenvalue weighted by Crippen LogP contribution is 2.45. The highest BCUT2D eigenvalue weighted by molar-refractivity contribution is 8.00. The van der Waals surface area contributed by atoms with Crippen LogP contribution in [-0.2, 0) is 12.2 Å². The van der Waals surface area contributed by atoms with Crippen molar-refractivity contribution in [1.29, 1.82) is 0 Å². The number of hydrogen-bond donors (Lipinski definition) is 0. The van der Waals surface area contributed by atoms with Crippen LogP contribution in [-0.4, -0.2) is 20.6 Å². The lowest BCUT2D eigenvalue weighted by atomic mass is 9.96. The summed E-state index contributed by atoms with van der Waals surface area (Å²) in [6.45, 7) is 4.54. The molecule has 0 unspecified atom stereocenters. The minimum absolute atomic E-state index is 0.0726. The molecule has 0 bridgehead atoms. The minimum Gasteiger partial charge on any atom is -0.268 e. The Labute approximate surface area is 159 Å². The third-order valence-corrected chi connectivity index (χ3v) is 8.44. The van der Waals surface area contributed by atoms with Crippen LogP contribution in [0.4, 0.5) is 0 Å². The molecule has 1 aliphatic rings. The zero-order valence-corrected chi connectivity index (χ0v) is 17.0. The van der Waals surface area contributed by atoms with E-state index in [0.717, 1.165) is 39.7 Å². The first-order valence-corrected chi connectivity index (χ1v) is 11.4. The van der Waals surface area contributed by atoms with Crippen LogP contribution < -0.4 is 5.56 Å². The summed E-state index contributed by atoms with van der Waals surface area (Å²) in [5.74, 6) is 0.986. The van der Waals surface area contributed by atoms with Gasteiger partial charge in [-0.15, -0.1) is 23.1 Å². The third-order valence-electron chi connectivity index (χ3n) is 4.92. The highest BCUT2D eigenvalue weighted by atomic mass is 32.2. The Bertz CT molecular complexity index is 993. The minimum atomic E-state index is 0.0726. The van der Waals surface area contributed by atoms with Crippen LogP contribution in [0.15, 0.2) is 40.3 Å². The second kappa shape index (κ2) is 6.49. The fraction of sp³-hybridized carbons (Fsp3) is 0.368. The van der Waals surface area contributed by atoms with E-state index >= 15 is 0 Å². The van der Waals surface area contributed by atoms with Crippen LogP contribution in [0, 0.1) is 0 Å². The van der Waals surface area contributed by atoms with Gasteiger partial charge in [-0.2, -0.15) is 0 Å². The van der Waals surface area contributed by atoms with Gasteiger partial charge in [0.15, 0.2) is 5.16 Å². The maximum absolute atomic E-state index is 13.5. The number of para-hydroxylation sites is 1. The van der Waals surface area contributed by atoms with Crippen molar-refractivity contribution < 1.29 is 0 Å². The number of thioether (sulfide) groups is 2. The van der Waals surface area contributed by atoms with E-state index in [4.69, 9.17) is 4.98 Å². The molecule has 0 amide bonds. The highest BCUT2D eigenvalue weighted by Gasteiger charge is 2.33. The quantitative estimate of drug-likeness (QED) is 0.460. The fourth-order valence-corrected chi connectivity index (χ4v) is 6.37. The summed E-state index contributed by atoms with van der Waals surface area (Å²) in [6.07, 6.45) is 4.04. The molecule has 1 atom stereocenters. The first-order valence-electron chi connectivity index (χ1n) is 8.37. The molecule has 1 aliphatic heterocycles. The maximum Gasteiger partial charge on any atom is 0.267 e. The molecule has 0 spiro atoms. The zero-order chi connectivity index (χ0) is 17.6. The largest absolute Gasteiger partial charge is 0.268 e. The Morgan fingerprint density at radius 2 is 2.08 bits per heavy atom. The molecule has 3 nitrogen and oxygen atoms in total. The molecule has 0 N–H and O–H groups in total. The molecule has 4 rings (SSSR count). The number of thiophene rings is 1. The van der Waals surface area contributed by atoms with E-state index in [2.05, 4.69) is 13.8 Å². The van der Waals surface area contributed by atoms with E-state index < -0.39 is 0 Å². The van der Waals surface area contributed by atoms with Gasteiger partial charge in [0.05, 0.1) is 11.1 Å². The van der Waals surface area contributed by atoms with Gasteiger partial charge in [-0.05, 0) is 36.8 Å². The SMILES string of the molecule is CC[C@@]1(C)Cc2c(sc3nc(SC)n(-c4ccccc4)c(=O)c23)CS1. The lowest BCUT2D eigenvalue weighted by Gasteiger charge is -2.31. The summed E-state index contributed by atoms with van der Waals surface area (Å²) in [4.78, 5) is 20.5. The summed E-state index contributed by atoms with van der Waals surface area (Å²) in [5.41, 5.74) is 2.19. The monoisotopic (exact) mass is 388 g/mol. The summed E-state index contributed by atoms with van der Waals surface area (Å²) >= 11 is 5.23. The Kier molecular flexibility index (Phi) is 4.46. The van der Waals surface area contributed by atoms with Crippen molar-refractivity contribution in [3.8, 4) is 5.69 Å². The Morgan fingerprint density at radius 3 is 2.76 bits per heavy atom. The number of aromatic nitrogens is 2. The molecular formula is C19H20N2OS3. The van der Waals surface area contributed by atoms with E-state index in [1.807, 2.05) is 48.3 Å². The molecule has 0 radical (unpaired) electrons. The number of rotatable bonds is 3. The Balaban J connectivity index is 2.01. The van der Waals surface area contributed by atoms with E-state index in [0.29, 0.717) is 0 Å². The lowest BCUT2D eigenvalue weighted by Crippen LogP contribution is -2.28. The second-order valence-electron chi connectivity index (χ2n) is 6.53. The first kappa shape index (κ1) is 17.2. The molecular weight excluding hydrogens is 368 g/mol. The number of fused-ring (bicyclic) bond motifs is 3. The Morgan fingerprint density at radius 1 is 1.32 bits per heavy atom. The van der Waals surface area contributed by atoms with Crippen LogP contribution in [0.3, 0.4) is 0 Å². The molecule has 25 heavy (non-hydrogen) atoms. The predicted octanol–water partition coefficient (Wildman–Crippen LogP) is 5.13. The van der Waals surface area contributed by atoms with Crippen LogP contribution in [0.1, 0.15) is 30.7 Å². The van der Waals surface area contributed by atoms with Crippen LogP contribution in [0.5, 0.6) is 0 Å². The van der Waals surface area contributed by atoms with Crippen molar-refractivity contribution in [2.75, 3.05) is 6.26 Å². The molecule has 0 saturated heterocycles. The summed E-state index contributed by atoms with van der Waals surface area (Å²) in [7, 11) is 0.